The van der Waals surface area contributed by atoms with E-state index in [1.807, 2.05) is 11.3 Å². The molecular weight excluding hydrogens is 242 g/mol. The van der Waals surface area contributed by atoms with Gasteiger partial charge in [-0.05, 0) is 59.3 Å². The van der Waals surface area contributed by atoms with Crippen molar-refractivity contribution in [2.45, 2.75) is 44.6 Å². The van der Waals surface area contributed by atoms with Crippen LogP contribution in [0.3, 0.4) is 0 Å². The molecule has 0 saturated carbocycles. The molecule has 2 aliphatic heterocycles. The molecule has 1 N–H and O–H groups in total. The minimum atomic E-state index is 0.586. The maximum Gasteiger partial charge on any atom is 0.0963 e. The third kappa shape index (κ3) is 2.46. The Labute approximate surface area is 114 Å². The second kappa shape index (κ2) is 5.27. The fourth-order valence-corrected chi connectivity index (χ4v) is 4.44. The number of aryl methyl sites for hydroxylation is 1. The molecule has 0 spiro atoms. The standard InChI is InChI=1S/C14H23N3S/c1-10-13(12-4-3-7-15-12)18-14(16-10)11-5-8-17(2)9-6-11/h11-12,15H,3-9H2,1-2H3. The van der Waals surface area contributed by atoms with Gasteiger partial charge in [0.05, 0.1) is 10.7 Å². The average molecular weight is 265 g/mol. The van der Waals surface area contributed by atoms with Gasteiger partial charge in [0.1, 0.15) is 0 Å². The van der Waals surface area contributed by atoms with Crippen molar-refractivity contribution in [3.63, 3.8) is 0 Å². The van der Waals surface area contributed by atoms with E-state index in [0.29, 0.717) is 12.0 Å². The molecule has 2 aliphatic rings. The first-order chi connectivity index (χ1) is 8.74. The second-order valence-corrected chi connectivity index (χ2v) is 6.79. The molecule has 2 saturated heterocycles. The second-order valence-electron chi connectivity index (χ2n) is 5.73. The molecule has 3 rings (SSSR count). The summed E-state index contributed by atoms with van der Waals surface area (Å²) in [7, 11) is 2.22. The van der Waals surface area contributed by atoms with Crippen LogP contribution in [-0.2, 0) is 0 Å². The SMILES string of the molecule is Cc1nc(C2CCN(C)CC2)sc1C1CCCN1. The van der Waals surface area contributed by atoms with Crippen molar-refractivity contribution >= 4 is 11.3 Å². The zero-order valence-corrected chi connectivity index (χ0v) is 12.2. The Morgan fingerprint density at radius 2 is 2.06 bits per heavy atom. The van der Waals surface area contributed by atoms with Crippen LogP contribution in [0.5, 0.6) is 0 Å². The van der Waals surface area contributed by atoms with Gasteiger partial charge >= 0.3 is 0 Å². The first-order valence-electron chi connectivity index (χ1n) is 7.13. The highest BCUT2D eigenvalue weighted by Crippen LogP contribution is 2.36. The number of nitrogens with one attached hydrogen (secondary N) is 1. The molecule has 4 heteroatoms. The predicted octanol–water partition coefficient (Wildman–Crippen LogP) is 2.69. The summed E-state index contributed by atoms with van der Waals surface area (Å²) in [5.41, 5.74) is 1.27. The number of thiazole rings is 1. The molecule has 1 unspecified atom stereocenters. The van der Waals surface area contributed by atoms with Crippen LogP contribution in [-0.4, -0.2) is 36.6 Å². The summed E-state index contributed by atoms with van der Waals surface area (Å²) < 4.78 is 0. The highest BCUT2D eigenvalue weighted by Gasteiger charge is 2.26. The molecule has 1 aromatic rings. The third-order valence-corrected chi connectivity index (χ3v) is 5.73. The van der Waals surface area contributed by atoms with E-state index in [1.165, 1.54) is 60.9 Å². The van der Waals surface area contributed by atoms with Gasteiger partial charge in [-0.3, -0.25) is 0 Å². The lowest BCUT2D eigenvalue weighted by Gasteiger charge is -2.27. The first-order valence-corrected chi connectivity index (χ1v) is 7.95. The Bertz CT molecular complexity index is 401. The van der Waals surface area contributed by atoms with Crippen LogP contribution < -0.4 is 5.32 Å². The Morgan fingerprint density at radius 3 is 2.72 bits per heavy atom. The first kappa shape index (κ1) is 12.6. The van der Waals surface area contributed by atoms with Gasteiger partial charge in [0.2, 0.25) is 0 Å². The zero-order chi connectivity index (χ0) is 12.5. The Hall–Kier alpha value is -0.450. The number of likely N-dealkylation sites (tertiary alicyclic amines) is 1. The topological polar surface area (TPSA) is 28.2 Å². The van der Waals surface area contributed by atoms with Gasteiger partial charge in [0.15, 0.2) is 0 Å². The van der Waals surface area contributed by atoms with Gasteiger partial charge in [-0.25, -0.2) is 4.98 Å². The number of rotatable bonds is 2. The molecule has 18 heavy (non-hydrogen) atoms. The van der Waals surface area contributed by atoms with E-state index in [0.717, 1.165) is 0 Å². The van der Waals surface area contributed by atoms with Crippen LogP contribution in [0.1, 0.15) is 53.2 Å². The third-order valence-electron chi connectivity index (χ3n) is 4.29. The highest BCUT2D eigenvalue weighted by molar-refractivity contribution is 7.11. The van der Waals surface area contributed by atoms with Gasteiger partial charge in [-0.1, -0.05) is 0 Å². The summed E-state index contributed by atoms with van der Waals surface area (Å²) in [4.78, 5) is 8.79. The number of piperidine rings is 1. The number of nitrogens with zero attached hydrogens (tertiary/aromatic N) is 2. The number of hydrogen-bond donors (Lipinski definition) is 1. The smallest absolute Gasteiger partial charge is 0.0963 e. The molecule has 2 fully saturated rings. The maximum absolute atomic E-state index is 4.86. The van der Waals surface area contributed by atoms with Crippen molar-refractivity contribution in [1.29, 1.82) is 0 Å². The van der Waals surface area contributed by atoms with Crippen LogP contribution in [0, 0.1) is 6.92 Å². The Balaban J connectivity index is 1.75. The lowest BCUT2D eigenvalue weighted by Crippen LogP contribution is -2.29. The summed E-state index contributed by atoms with van der Waals surface area (Å²) in [6.45, 7) is 5.80. The molecule has 0 aromatic carbocycles. The number of hydrogen-bond acceptors (Lipinski definition) is 4. The molecular formula is C14H23N3S. The average Bonchev–Trinajstić information content (AvgIpc) is 2.99. The van der Waals surface area contributed by atoms with Crippen LogP contribution in [0.4, 0.5) is 0 Å². The van der Waals surface area contributed by atoms with Gasteiger partial charge in [0.25, 0.3) is 0 Å². The monoisotopic (exact) mass is 265 g/mol. The van der Waals surface area contributed by atoms with E-state index in [1.54, 1.807) is 0 Å². The molecule has 3 heterocycles. The van der Waals surface area contributed by atoms with Crippen molar-refractivity contribution in [2.24, 2.45) is 0 Å². The van der Waals surface area contributed by atoms with Crippen LogP contribution in [0.2, 0.25) is 0 Å². The van der Waals surface area contributed by atoms with Crippen molar-refractivity contribution in [3.05, 3.63) is 15.6 Å². The largest absolute Gasteiger partial charge is 0.309 e. The van der Waals surface area contributed by atoms with E-state index in [4.69, 9.17) is 4.98 Å². The maximum atomic E-state index is 4.86. The molecule has 0 aliphatic carbocycles. The van der Waals surface area contributed by atoms with Gasteiger partial charge in [-0.15, -0.1) is 11.3 Å². The summed E-state index contributed by atoms with van der Waals surface area (Å²) in [5, 5.41) is 4.99. The highest BCUT2D eigenvalue weighted by atomic mass is 32.1. The lowest BCUT2D eigenvalue weighted by atomic mass is 9.98. The molecule has 100 valence electrons. The minimum absolute atomic E-state index is 0.586. The van der Waals surface area contributed by atoms with Crippen molar-refractivity contribution < 1.29 is 0 Å². The predicted molar refractivity (Wildman–Crippen MR) is 76.3 cm³/mol. The van der Waals surface area contributed by atoms with E-state index in [9.17, 15) is 0 Å². The van der Waals surface area contributed by atoms with Gasteiger partial charge in [-0.2, -0.15) is 0 Å². The van der Waals surface area contributed by atoms with Crippen LogP contribution in [0.25, 0.3) is 0 Å². The molecule has 3 nitrogen and oxygen atoms in total. The fraction of sp³-hybridized carbons (Fsp3) is 0.786. The summed E-state index contributed by atoms with van der Waals surface area (Å²) in [5.74, 6) is 0.708. The van der Waals surface area contributed by atoms with Crippen LogP contribution >= 0.6 is 11.3 Å². The van der Waals surface area contributed by atoms with E-state index < -0.39 is 0 Å². The van der Waals surface area contributed by atoms with Gasteiger partial charge in [0, 0.05) is 16.8 Å². The zero-order valence-electron chi connectivity index (χ0n) is 11.4. The van der Waals surface area contributed by atoms with E-state index >= 15 is 0 Å². The van der Waals surface area contributed by atoms with Gasteiger partial charge < -0.3 is 10.2 Å². The lowest BCUT2D eigenvalue weighted by molar-refractivity contribution is 0.255. The molecule has 0 radical (unpaired) electrons. The summed E-state index contributed by atoms with van der Waals surface area (Å²) in [6.07, 6.45) is 5.16. The molecule has 1 aromatic heterocycles. The summed E-state index contributed by atoms with van der Waals surface area (Å²) in [6, 6.07) is 0.586. The Morgan fingerprint density at radius 1 is 1.28 bits per heavy atom. The molecule has 0 amide bonds. The Kier molecular flexibility index (Phi) is 3.68. The van der Waals surface area contributed by atoms with Crippen molar-refractivity contribution in [1.82, 2.24) is 15.2 Å². The minimum Gasteiger partial charge on any atom is -0.309 e. The quantitative estimate of drug-likeness (QED) is 0.891. The fourth-order valence-electron chi connectivity index (χ4n) is 3.09. The van der Waals surface area contributed by atoms with Crippen LogP contribution in [0.15, 0.2) is 0 Å². The normalized spacial score (nSPS) is 26.9. The molecule has 0 bridgehead atoms. The molecule has 1 atom stereocenters. The number of aromatic nitrogens is 1. The van der Waals surface area contributed by atoms with Crippen molar-refractivity contribution in [2.75, 3.05) is 26.7 Å². The van der Waals surface area contributed by atoms with Crippen molar-refractivity contribution in [3.8, 4) is 0 Å². The van der Waals surface area contributed by atoms with E-state index in [2.05, 4.69) is 24.2 Å². The summed E-state index contributed by atoms with van der Waals surface area (Å²) >= 11 is 1.97. The van der Waals surface area contributed by atoms with E-state index in [-0.39, 0.29) is 0 Å².